The van der Waals surface area contributed by atoms with Gasteiger partial charge in [0, 0.05) is 13.1 Å². The highest BCUT2D eigenvalue weighted by atomic mass is 31.2. The molecule has 0 aliphatic heterocycles. The molecule has 0 spiro atoms. The Balaban J connectivity index is 3.99. The monoisotopic (exact) mass is 335 g/mol. The zero-order valence-electron chi connectivity index (χ0n) is 15.4. The zero-order valence-corrected chi connectivity index (χ0v) is 16.3. The lowest BCUT2D eigenvalue weighted by Crippen LogP contribution is -2.35. The van der Waals surface area contributed by atoms with Crippen molar-refractivity contribution in [1.82, 2.24) is 15.4 Å². The molecule has 0 heterocycles. The number of nitrogens with one attached hydrogen (secondary N) is 3. The molecule has 0 aliphatic rings. The van der Waals surface area contributed by atoms with E-state index in [1.807, 2.05) is 0 Å². The van der Waals surface area contributed by atoms with Crippen molar-refractivity contribution >= 4 is 7.59 Å². The predicted octanol–water partition coefficient (Wildman–Crippen LogP) is 4.32. The summed E-state index contributed by atoms with van der Waals surface area (Å²) in [5.74, 6) is 1.64. The molecule has 0 saturated heterocycles. The fourth-order valence-electron chi connectivity index (χ4n) is 1.78. The van der Waals surface area contributed by atoms with Crippen LogP contribution in [0.5, 0.6) is 0 Å². The van der Waals surface area contributed by atoms with Crippen molar-refractivity contribution < 1.29 is 9.40 Å². The first-order valence-corrected chi connectivity index (χ1v) is 10.4. The average molecular weight is 335 g/mol. The van der Waals surface area contributed by atoms with Crippen LogP contribution >= 0.6 is 7.59 Å². The first-order valence-electron chi connectivity index (χ1n) is 8.74. The van der Waals surface area contributed by atoms with Gasteiger partial charge in [-0.1, -0.05) is 60.8 Å². The molecule has 0 fully saturated rings. The van der Waals surface area contributed by atoms with E-state index in [1.54, 1.807) is 0 Å². The van der Waals surface area contributed by atoms with Gasteiger partial charge in [-0.05, 0) is 24.2 Å². The van der Waals surface area contributed by atoms with Crippen molar-refractivity contribution in [2.24, 2.45) is 17.8 Å². The third-order valence-electron chi connectivity index (χ3n) is 3.17. The molecule has 0 amide bonds. The van der Waals surface area contributed by atoms with E-state index in [-0.39, 0.29) is 0 Å². The lowest BCUT2D eigenvalue weighted by Gasteiger charge is -2.23. The minimum absolute atomic E-state index is 0.437. The standard InChI is InChI=1S/C16H38N3O2P/c1-14(2)10-8-7-9-11-21-19-22(20,17-12-15(3)4)18-13-16(5)6/h14-16H,7-13H2,1-6H3,(H3,17,18,19,20). The maximum atomic E-state index is 12.7. The molecule has 5 nitrogen and oxygen atoms in total. The van der Waals surface area contributed by atoms with Crippen molar-refractivity contribution in [3.63, 3.8) is 0 Å². The average Bonchev–Trinajstić information content (AvgIpc) is 2.42. The lowest BCUT2D eigenvalue weighted by molar-refractivity contribution is 0.0852. The Morgan fingerprint density at radius 1 is 0.818 bits per heavy atom. The maximum absolute atomic E-state index is 12.7. The quantitative estimate of drug-likeness (QED) is 0.251. The molecule has 134 valence electrons. The molecule has 22 heavy (non-hydrogen) atoms. The summed E-state index contributed by atoms with van der Waals surface area (Å²) in [6.45, 7) is 14.8. The van der Waals surface area contributed by atoms with Crippen molar-refractivity contribution in [3.05, 3.63) is 0 Å². The van der Waals surface area contributed by atoms with Crippen LogP contribution in [-0.2, 0) is 9.40 Å². The molecule has 0 saturated carbocycles. The largest absolute Gasteiger partial charge is 0.301 e. The van der Waals surface area contributed by atoms with Crippen LogP contribution in [0.4, 0.5) is 0 Å². The zero-order chi connectivity index (χ0) is 17.0. The minimum Gasteiger partial charge on any atom is -0.293 e. The Morgan fingerprint density at radius 3 is 1.82 bits per heavy atom. The topological polar surface area (TPSA) is 62.4 Å². The molecule has 0 aromatic carbocycles. The summed E-state index contributed by atoms with van der Waals surface area (Å²) in [5, 5.41) is 8.89. The van der Waals surface area contributed by atoms with Crippen LogP contribution in [0.25, 0.3) is 0 Å². The molecule has 3 N–H and O–H groups in total. The van der Waals surface area contributed by atoms with Crippen LogP contribution < -0.4 is 15.4 Å². The van der Waals surface area contributed by atoms with Gasteiger partial charge >= 0.3 is 7.59 Å². The van der Waals surface area contributed by atoms with Crippen LogP contribution in [0.1, 0.15) is 67.2 Å². The van der Waals surface area contributed by atoms with Gasteiger partial charge in [-0.25, -0.2) is 10.2 Å². The van der Waals surface area contributed by atoms with E-state index in [1.165, 1.54) is 12.8 Å². The molecule has 0 radical (unpaired) electrons. The number of hydrogen-bond donors (Lipinski definition) is 3. The second-order valence-electron chi connectivity index (χ2n) is 7.30. The Bertz CT molecular complexity index is 294. The highest BCUT2D eigenvalue weighted by Gasteiger charge is 2.21. The van der Waals surface area contributed by atoms with Gasteiger partial charge in [-0.15, -0.1) is 5.25 Å². The van der Waals surface area contributed by atoms with Gasteiger partial charge in [-0.3, -0.25) is 9.40 Å². The second-order valence-corrected chi connectivity index (χ2v) is 9.34. The molecule has 0 atom stereocenters. The molecule has 0 aliphatic carbocycles. The van der Waals surface area contributed by atoms with Gasteiger partial charge in [-0.2, -0.15) is 0 Å². The third kappa shape index (κ3) is 13.7. The Morgan fingerprint density at radius 2 is 1.36 bits per heavy atom. The van der Waals surface area contributed by atoms with Gasteiger partial charge < -0.3 is 0 Å². The van der Waals surface area contributed by atoms with Crippen LogP contribution in [-0.4, -0.2) is 19.7 Å². The van der Waals surface area contributed by atoms with Gasteiger partial charge in [0.2, 0.25) is 0 Å². The van der Waals surface area contributed by atoms with Gasteiger partial charge in [0.25, 0.3) is 0 Å². The normalized spacial score (nSPS) is 12.8. The second kappa shape index (κ2) is 12.5. The number of hydrogen-bond acceptors (Lipinski definition) is 2. The van der Waals surface area contributed by atoms with Crippen molar-refractivity contribution in [2.75, 3.05) is 19.7 Å². The molecular weight excluding hydrogens is 297 g/mol. The Hall–Kier alpha value is 0.0700. The van der Waals surface area contributed by atoms with E-state index in [0.29, 0.717) is 31.5 Å². The summed E-state index contributed by atoms with van der Waals surface area (Å²) >= 11 is 0. The summed E-state index contributed by atoms with van der Waals surface area (Å²) in [7, 11) is -2.87. The number of rotatable bonds is 14. The minimum atomic E-state index is -2.87. The molecular formula is C16H38N3O2P. The fourth-order valence-corrected chi connectivity index (χ4v) is 3.54. The molecule has 0 rings (SSSR count). The first kappa shape index (κ1) is 22.1. The molecule has 0 unspecified atom stereocenters. The predicted molar refractivity (Wildman–Crippen MR) is 95.7 cm³/mol. The van der Waals surface area contributed by atoms with E-state index < -0.39 is 7.59 Å². The van der Waals surface area contributed by atoms with Crippen LogP contribution in [0.3, 0.4) is 0 Å². The van der Waals surface area contributed by atoms with Crippen LogP contribution in [0.15, 0.2) is 0 Å². The smallest absolute Gasteiger partial charge is 0.293 e. The van der Waals surface area contributed by atoms with Crippen molar-refractivity contribution in [2.45, 2.75) is 67.2 Å². The highest BCUT2D eigenvalue weighted by Crippen LogP contribution is 2.30. The van der Waals surface area contributed by atoms with E-state index in [2.05, 4.69) is 57.0 Å². The molecule has 6 heteroatoms. The molecule has 0 aromatic heterocycles. The summed E-state index contributed by atoms with van der Waals surface area (Å²) in [4.78, 5) is 5.43. The number of unbranched alkanes of at least 4 members (excludes halogenated alkanes) is 2. The van der Waals surface area contributed by atoms with Crippen molar-refractivity contribution in [1.29, 1.82) is 0 Å². The molecule has 0 aromatic rings. The Labute approximate surface area is 137 Å². The van der Waals surface area contributed by atoms with Crippen LogP contribution in [0, 0.1) is 17.8 Å². The van der Waals surface area contributed by atoms with Gasteiger partial charge in [0.1, 0.15) is 0 Å². The van der Waals surface area contributed by atoms with Crippen molar-refractivity contribution in [3.8, 4) is 0 Å². The van der Waals surface area contributed by atoms with Crippen LogP contribution in [0.2, 0.25) is 0 Å². The van der Waals surface area contributed by atoms with E-state index in [4.69, 9.17) is 4.84 Å². The van der Waals surface area contributed by atoms with Gasteiger partial charge in [0.15, 0.2) is 0 Å². The summed E-state index contributed by atoms with van der Waals surface area (Å²) in [6.07, 6.45) is 4.64. The summed E-state index contributed by atoms with van der Waals surface area (Å²) < 4.78 is 12.7. The first-order chi connectivity index (χ1) is 10.2. The summed E-state index contributed by atoms with van der Waals surface area (Å²) in [6, 6.07) is 0. The fraction of sp³-hybridized carbons (Fsp3) is 1.00. The SMILES string of the molecule is CC(C)CCCCCONP(=O)(NCC(C)C)NCC(C)C. The third-order valence-corrected chi connectivity index (χ3v) is 4.81. The van der Waals surface area contributed by atoms with Gasteiger partial charge in [0.05, 0.1) is 6.61 Å². The van der Waals surface area contributed by atoms with E-state index >= 15 is 0 Å². The summed E-state index contributed by atoms with van der Waals surface area (Å²) in [5.41, 5.74) is 0. The Kier molecular flexibility index (Phi) is 12.5. The molecule has 0 bridgehead atoms. The van der Waals surface area contributed by atoms with E-state index in [0.717, 1.165) is 18.8 Å². The van der Waals surface area contributed by atoms with E-state index in [9.17, 15) is 4.57 Å². The lowest BCUT2D eigenvalue weighted by atomic mass is 10.1. The maximum Gasteiger partial charge on any atom is 0.301 e. The highest BCUT2D eigenvalue weighted by molar-refractivity contribution is 7.57.